The van der Waals surface area contributed by atoms with Crippen molar-refractivity contribution in [2.75, 3.05) is 13.1 Å². The van der Waals surface area contributed by atoms with Crippen molar-refractivity contribution in [1.29, 1.82) is 0 Å². The minimum Gasteiger partial charge on any atom is -0.352 e. The zero-order chi connectivity index (χ0) is 27.6. The summed E-state index contributed by atoms with van der Waals surface area (Å²) in [5.41, 5.74) is -0.0979. The maximum Gasteiger partial charge on any atom is 0.416 e. The average Bonchev–Trinajstić information content (AvgIpc) is 3.20. The average molecular weight is 527 g/mol. The second-order valence-electron chi connectivity index (χ2n) is 9.53. The third-order valence-corrected chi connectivity index (χ3v) is 6.52. The fourth-order valence-corrected chi connectivity index (χ4v) is 4.89. The van der Waals surface area contributed by atoms with Crippen LogP contribution in [0.4, 0.5) is 18.0 Å². The second kappa shape index (κ2) is 10.7. The molecular formula is C28H29F3N4O3. The highest BCUT2D eigenvalue weighted by Crippen LogP contribution is 2.42. The van der Waals surface area contributed by atoms with Gasteiger partial charge in [0.25, 0.3) is 5.91 Å². The summed E-state index contributed by atoms with van der Waals surface area (Å²) in [5.74, 6) is -0.991. The van der Waals surface area contributed by atoms with Crippen LogP contribution in [0.15, 0.2) is 78.5 Å². The van der Waals surface area contributed by atoms with Crippen LogP contribution in [0.2, 0.25) is 0 Å². The highest BCUT2D eigenvalue weighted by atomic mass is 19.4. The maximum atomic E-state index is 14.0. The van der Waals surface area contributed by atoms with Crippen LogP contribution in [-0.4, -0.2) is 52.8 Å². The number of hydrogen-bond donors (Lipinski definition) is 2. The number of amides is 4. The summed E-state index contributed by atoms with van der Waals surface area (Å²) in [6, 6.07) is 10.9. The summed E-state index contributed by atoms with van der Waals surface area (Å²) in [6.07, 6.45) is -3.04. The topological polar surface area (TPSA) is 81.8 Å². The van der Waals surface area contributed by atoms with E-state index in [0.717, 1.165) is 11.6 Å². The molecule has 2 heterocycles. The minimum absolute atomic E-state index is 0.0126. The first-order valence-electron chi connectivity index (χ1n) is 12.3. The first-order valence-corrected chi connectivity index (χ1v) is 12.3. The Hall–Kier alpha value is -4.08. The molecule has 0 bridgehead atoms. The number of carbonyl (C=O) groups excluding carboxylic acids is 3. The van der Waals surface area contributed by atoms with E-state index in [9.17, 15) is 27.6 Å². The van der Waals surface area contributed by atoms with Gasteiger partial charge in [-0.25, -0.2) is 4.79 Å². The second-order valence-corrected chi connectivity index (χ2v) is 9.53. The molecule has 2 aliphatic rings. The first kappa shape index (κ1) is 27.0. The van der Waals surface area contributed by atoms with E-state index in [2.05, 4.69) is 17.2 Å². The molecule has 2 N–H and O–H groups in total. The van der Waals surface area contributed by atoms with Crippen molar-refractivity contribution in [3.63, 3.8) is 0 Å². The molecule has 2 aliphatic heterocycles. The van der Waals surface area contributed by atoms with Crippen LogP contribution >= 0.6 is 0 Å². The van der Waals surface area contributed by atoms with Crippen LogP contribution < -0.4 is 10.6 Å². The van der Waals surface area contributed by atoms with E-state index in [-0.39, 0.29) is 48.3 Å². The van der Waals surface area contributed by atoms with E-state index in [1.807, 2.05) is 30.3 Å². The van der Waals surface area contributed by atoms with Crippen molar-refractivity contribution in [2.45, 2.75) is 44.6 Å². The monoisotopic (exact) mass is 526 g/mol. The smallest absolute Gasteiger partial charge is 0.352 e. The zero-order valence-electron chi connectivity index (χ0n) is 21.1. The Morgan fingerprint density at radius 3 is 2.42 bits per heavy atom. The molecule has 0 unspecified atom stereocenters. The molecule has 0 saturated carbocycles. The predicted molar refractivity (Wildman–Crippen MR) is 136 cm³/mol. The van der Waals surface area contributed by atoms with E-state index >= 15 is 0 Å². The van der Waals surface area contributed by atoms with Gasteiger partial charge in [-0.05, 0) is 31.0 Å². The number of carbonyl (C=O) groups is 3. The number of halogens is 3. The molecule has 38 heavy (non-hydrogen) atoms. The van der Waals surface area contributed by atoms with Gasteiger partial charge in [0, 0.05) is 19.0 Å². The number of nitrogens with one attached hydrogen (secondary N) is 2. The summed E-state index contributed by atoms with van der Waals surface area (Å²) >= 11 is 0. The molecule has 2 atom stereocenters. The van der Waals surface area contributed by atoms with E-state index in [0.29, 0.717) is 0 Å². The number of hydrogen-bond acceptors (Lipinski definition) is 3. The molecule has 0 spiro atoms. The molecule has 0 aromatic heterocycles. The van der Waals surface area contributed by atoms with Crippen molar-refractivity contribution in [2.24, 2.45) is 0 Å². The Morgan fingerprint density at radius 1 is 1.13 bits per heavy atom. The van der Waals surface area contributed by atoms with Crippen LogP contribution in [0.25, 0.3) is 0 Å². The van der Waals surface area contributed by atoms with Gasteiger partial charge in [-0.1, -0.05) is 54.6 Å². The predicted octanol–water partition coefficient (Wildman–Crippen LogP) is 4.19. The molecule has 2 aromatic rings. The Balaban J connectivity index is 1.80. The van der Waals surface area contributed by atoms with Gasteiger partial charge in [0.15, 0.2) is 0 Å². The lowest BCUT2D eigenvalue weighted by Gasteiger charge is -2.33. The van der Waals surface area contributed by atoms with Gasteiger partial charge in [0.05, 0.1) is 29.4 Å². The summed E-state index contributed by atoms with van der Waals surface area (Å²) < 4.78 is 41.7. The molecule has 0 fully saturated rings. The summed E-state index contributed by atoms with van der Waals surface area (Å²) in [6.45, 7) is 7.19. The molecule has 0 radical (unpaired) electrons. The number of urea groups is 1. The molecule has 200 valence electrons. The van der Waals surface area contributed by atoms with Crippen LogP contribution in [0, 0.1) is 0 Å². The summed E-state index contributed by atoms with van der Waals surface area (Å²) in [4.78, 5) is 43.0. The van der Waals surface area contributed by atoms with Crippen LogP contribution in [-0.2, 0) is 22.2 Å². The third-order valence-electron chi connectivity index (χ3n) is 6.52. The third kappa shape index (κ3) is 5.29. The summed E-state index contributed by atoms with van der Waals surface area (Å²) in [5, 5.41) is 5.43. The van der Waals surface area contributed by atoms with Gasteiger partial charge in [-0.15, -0.1) is 6.58 Å². The van der Waals surface area contributed by atoms with Crippen molar-refractivity contribution in [1.82, 2.24) is 20.4 Å². The van der Waals surface area contributed by atoms with Gasteiger partial charge in [0.1, 0.15) is 6.04 Å². The first-order chi connectivity index (χ1) is 18.0. The fourth-order valence-electron chi connectivity index (χ4n) is 4.89. The number of rotatable bonds is 8. The Kier molecular flexibility index (Phi) is 7.61. The lowest BCUT2D eigenvalue weighted by molar-refractivity contribution is -0.138. The largest absolute Gasteiger partial charge is 0.416 e. The van der Waals surface area contributed by atoms with E-state index in [1.54, 1.807) is 13.8 Å². The fraction of sp³-hybridized carbons (Fsp3) is 0.321. The number of alkyl halides is 3. The van der Waals surface area contributed by atoms with E-state index < -0.39 is 35.8 Å². The molecule has 7 nitrogen and oxygen atoms in total. The lowest BCUT2D eigenvalue weighted by Crippen LogP contribution is -2.51. The standard InChI is InChI=1S/C28H29F3N4O3/c1-4-14-34-22-16-35(21(25(36)32-17(2)3)15-18-10-6-5-7-11-18)26(37)23(22)24(33-27(34)38)19-12-8-9-13-20(19)28(29,30)31/h4-13,17,21,24H,1,14-16H2,2-3H3,(H,32,36)(H,33,38)/t21-,24+/m0/s1. The molecule has 2 aromatic carbocycles. The number of benzene rings is 2. The Labute approximate surface area is 219 Å². The van der Waals surface area contributed by atoms with Crippen molar-refractivity contribution in [3.8, 4) is 0 Å². The van der Waals surface area contributed by atoms with Crippen molar-refractivity contribution in [3.05, 3.63) is 95.2 Å². The van der Waals surface area contributed by atoms with Gasteiger partial charge in [0.2, 0.25) is 5.91 Å². The molecule has 10 heteroatoms. The maximum absolute atomic E-state index is 14.0. The normalized spacial score (nSPS) is 18.4. The highest BCUT2D eigenvalue weighted by molar-refractivity contribution is 6.03. The molecule has 4 rings (SSSR count). The zero-order valence-corrected chi connectivity index (χ0v) is 21.1. The Morgan fingerprint density at radius 2 is 1.79 bits per heavy atom. The summed E-state index contributed by atoms with van der Waals surface area (Å²) in [7, 11) is 0. The van der Waals surface area contributed by atoms with Crippen molar-refractivity contribution < 1.29 is 27.6 Å². The quantitative estimate of drug-likeness (QED) is 0.507. The molecule has 0 aliphatic carbocycles. The van der Waals surface area contributed by atoms with Gasteiger partial charge in [-0.3, -0.25) is 14.5 Å². The highest BCUT2D eigenvalue weighted by Gasteiger charge is 2.48. The van der Waals surface area contributed by atoms with Crippen LogP contribution in [0.5, 0.6) is 0 Å². The molecular weight excluding hydrogens is 497 g/mol. The van der Waals surface area contributed by atoms with Gasteiger partial charge < -0.3 is 15.5 Å². The minimum atomic E-state index is -4.70. The van der Waals surface area contributed by atoms with Gasteiger partial charge >= 0.3 is 12.2 Å². The molecule has 0 saturated heterocycles. The number of nitrogens with zero attached hydrogens (tertiary/aromatic N) is 2. The van der Waals surface area contributed by atoms with Crippen molar-refractivity contribution >= 4 is 17.8 Å². The van der Waals surface area contributed by atoms with Crippen LogP contribution in [0.1, 0.15) is 36.6 Å². The van der Waals surface area contributed by atoms with E-state index in [1.165, 1.54) is 34.1 Å². The van der Waals surface area contributed by atoms with Gasteiger partial charge in [-0.2, -0.15) is 13.2 Å². The SMILES string of the molecule is C=CCN1C(=O)N[C@H](c2ccccc2C(F)(F)F)C2=C1CN([C@@H](Cc1ccccc1)C(=O)NC(C)C)C2=O. The van der Waals surface area contributed by atoms with Crippen LogP contribution in [0.3, 0.4) is 0 Å². The lowest BCUT2D eigenvalue weighted by atomic mass is 9.91. The van der Waals surface area contributed by atoms with E-state index in [4.69, 9.17) is 0 Å². The Bertz CT molecular complexity index is 1270. The molecule has 4 amide bonds.